The molecule has 1 aliphatic rings. The Balaban J connectivity index is 2.74. The first-order valence-electron chi connectivity index (χ1n) is 12.0. The summed E-state index contributed by atoms with van der Waals surface area (Å²) in [5, 5.41) is 0. The molecule has 0 saturated carbocycles. The summed E-state index contributed by atoms with van der Waals surface area (Å²) in [6.45, 7) is 24.3. The summed E-state index contributed by atoms with van der Waals surface area (Å²) >= 11 is 0. The molecule has 184 valence electrons. The minimum atomic E-state index is -0.286. The van der Waals surface area contributed by atoms with Gasteiger partial charge in [0, 0.05) is 18.2 Å². The van der Waals surface area contributed by atoms with Crippen LogP contribution in [0.5, 0.6) is 0 Å². The average molecular weight is 450 g/mol. The smallest absolute Gasteiger partial charge is 0.309 e. The number of hydrogen-bond donors (Lipinski definition) is 0. The lowest BCUT2D eigenvalue weighted by molar-refractivity contribution is -0.155. The monoisotopic (exact) mass is 449 g/mol. The van der Waals surface area contributed by atoms with Crippen LogP contribution >= 0.6 is 0 Å². The maximum atomic E-state index is 13.1. The molecular weight excluding hydrogens is 402 g/mol. The molecule has 0 N–H and O–H groups in total. The van der Waals surface area contributed by atoms with Gasteiger partial charge in [0.05, 0.1) is 12.5 Å². The highest BCUT2D eigenvalue weighted by Crippen LogP contribution is 2.50. The van der Waals surface area contributed by atoms with Crippen LogP contribution in [-0.2, 0) is 19.1 Å². The number of esters is 1. The summed E-state index contributed by atoms with van der Waals surface area (Å²) in [5.41, 5.74) is 0.535. The molecule has 1 rings (SSSR count). The van der Waals surface area contributed by atoms with Crippen molar-refractivity contribution in [2.45, 2.75) is 102 Å². The molecule has 0 aromatic heterocycles. The first-order chi connectivity index (χ1) is 14.3. The van der Waals surface area contributed by atoms with Crippen molar-refractivity contribution in [2.75, 3.05) is 13.2 Å². The maximum absolute atomic E-state index is 13.1. The van der Waals surface area contributed by atoms with E-state index in [-0.39, 0.29) is 58.5 Å². The van der Waals surface area contributed by atoms with E-state index in [4.69, 9.17) is 4.74 Å². The van der Waals surface area contributed by atoms with Gasteiger partial charge in [-0.3, -0.25) is 19.3 Å². The topological polar surface area (TPSA) is 63.7 Å². The maximum Gasteiger partial charge on any atom is 0.309 e. The molecule has 0 saturated heterocycles. The summed E-state index contributed by atoms with van der Waals surface area (Å²) < 4.78 is 5.66. The minimum Gasteiger partial charge on any atom is -0.465 e. The fourth-order valence-electron chi connectivity index (χ4n) is 3.90. The van der Waals surface area contributed by atoms with E-state index >= 15 is 0 Å². The van der Waals surface area contributed by atoms with E-state index in [2.05, 4.69) is 69.2 Å². The lowest BCUT2D eigenvalue weighted by atomic mass is 9.59. The second kappa shape index (κ2) is 10.1. The Morgan fingerprint density at radius 2 is 1.50 bits per heavy atom. The molecule has 0 fully saturated rings. The predicted molar refractivity (Wildman–Crippen MR) is 130 cm³/mol. The van der Waals surface area contributed by atoms with Gasteiger partial charge < -0.3 is 4.74 Å². The SMILES string of the molecule is CC1=CC(=O)N(CCCOC(=O)C(CC(C)(C)C(C)(C)CCC(C)(C)C)C(C)(C)C)C1=O. The van der Waals surface area contributed by atoms with E-state index in [9.17, 15) is 14.4 Å². The molecular formula is C27H47NO4. The van der Waals surface area contributed by atoms with Gasteiger partial charge in [-0.05, 0) is 54.3 Å². The van der Waals surface area contributed by atoms with Crippen molar-refractivity contribution in [3.05, 3.63) is 11.6 Å². The van der Waals surface area contributed by atoms with Gasteiger partial charge in [0.15, 0.2) is 0 Å². The van der Waals surface area contributed by atoms with Crippen molar-refractivity contribution in [1.82, 2.24) is 4.90 Å². The first-order valence-corrected chi connectivity index (χ1v) is 12.0. The van der Waals surface area contributed by atoms with Crippen molar-refractivity contribution >= 4 is 17.8 Å². The van der Waals surface area contributed by atoms with E-state index in [0.29, 0.717) is 12.0 Å². The summed E-state index contributed by atoms with van der Waals surface area (Å²) in [6.07, 6.45) is 4.78. The number of carbonyl (C=O) groups excluding carboxylic acids is 3. The molecule has 1 atom stereocenters. The van der Waals surface area contributed by atoms with Gasteiger partial charge >= 0.3 is 5.97 Å². The highest BCUT2D eigenvalue weighted by molar-refractivity contribution is 6.15. The molecule has 5 heteroatoms. The first kappa shape index (κ1) is 28.4. The molecule has 1 heterocycles. The van der Waals surface area contributed by atoms with Crippen molar-refractivity contribution in [1.29, 1.82) is 0 Å². The molecule has 0 spiro atoms. The fraction of sp³-hybridized carbons (Fsp3) is 0.815. The van der Waals surface area contributed by atoms with Crippen LogP contribution in [0.1, 0.15) is 102 Å². The number of rotatable bonds is 10. The Morgan fingerprint density at radius 1 is 0.938 bits per heavy atom. The summed E-state index contributed by atoms with van der Waals surface area (Å²) in [4.78, 5) is 38.2. The Morgan fingerprint density at radius 3 is 1.94 bits per heavy atom. The quantitative estimate of drug-likeness (QED) is 0.227. The van der Waals surface area contributed by atoms with Crippen LogP contribution in [0.4, 0.5) is 0 Å². The lowest BCUT2D eigenvalue weighted by Crippen LogP contribution is -2.41. The van der Waals surface area contributed by atoms with E-state index in [1.165, 1.54) is 11.0 Å². The van der Waals surface area contributed by atoms with Gasteiger partial charge in [-0.1, -0.05) is 69.2 Å². The standard InChI is InChI=1S/C27H47NO4/c1-19-17-21(29)28(22(19)30)15-12-16-32-23(31)20(25(5,6)7)18-27(10,11)26(8,9)14-13-24(2,3)4/h17,20H,12-16,18H2,1-11H3. The number of amides is 2. The highest BCUT2D eigenvalue weighted by Gasteiger charge is 2.44. The summed E-state index contributed by atoms with van der Waals surface area (Å²) in [5.74, 6) is -0.963. The predicted octanol–water partition coefficient (Wildman–Crippen LogP) is 6.17. The zero-order valence-corrected chi connectivity index (χ0v) is 22.5. The molecule has 2 amide bonds. The van der Waals surface area contributed by atoms with Crippen LogP contribution in [0, 0.1) is 27.6 Å². The Hall–Kier alpha value is -1.65. The molecule has 32 heavy (non-hydrogen) atoms. The van der Waals surface area contributed by atoms with Crippen LogP contribution in [0.15, 0.2) is 11.6 Å². The second-order valence-corrected chi connectivity index (χ2v) is 13.1. The van der Waals surface area contributed by atoms with Gasteiger partial charge in [0.2, 0.25) is 0 Å². The van der Waals surface area contributed by atoms with Gasteiger partial charge in [-0.15, -0.1) is 0 Å². The van der Waals surface area contributed by atoms with E-state index in [1.54, 1.807) is 6.92 Å². The number of imide groups is 1. The van der Waals surface area contributed by atoms with Crippen LogP contribution < -0.4 is 0 Å². The van der Waals surface area contributed by atoms with Crippen LogP contribution in [0.25, 0.3) is 0 Å². The van der Waals surface area contributed by atoms with Gasteiger partial charge in [-0.2, -0.15) is 0 Å². The van der Waals surface area contributed by atoms with Crippen LogP contribution in [0.3, 0.4) is 0 Å². The molecule has 0 aromatic carbocycles. The van der Waals surface area contributed by atoms with Gasteiger partial charge in [0.1, 0.15) is 0 Å². The van der Waals surface area contributed by atoms with Crippen molar-refractivity contribution in [3.8, 4) is 0 Å². The number of nitrogens with zero attached hydrogens (tertiary/aromatic N) is 1. The normalized spacial score (nSPS) is 17.0. The largest absolute Gasteiger partial charge is 0.465 e. The zero-order valence-electron chi connectivity index (χ0n) is 22.5. The molecule has 0 aliphatic carbocycles. The molecule has 5 nitrogen and oxygen atoms in total. The number of carbonyl (C=O) groups is 3. The van der Waals surface area contributed by atoms with E-state index < -0.39 is 0 Å². The van der Waals surface area contributed by atoms with Crippen LogP contribution in [-0.4, -0.2) is 35.8 Å². The zero-order chi connectivity index (χ0) is 25.1. The summed E-state index contributed by atoms with van der Waals surface area (Å²) in [7, 11) is 0. The molecule has 0 radical (unpaired) electrons. The minimum absolute atomic E-state index is 0.0488. The third-order valence-corrected chi connectivity index (χ3v) is 7.34. The molecule has 1 unspecified atom stereocenters. The van der Waals surface area contributed by atoms with E-state index in [0.717, 1.165) is 19.3 Å². The van der Waals surface area contributed by atoms with Gasteiger partial charge in [-0.25, -0.2) is 0 Å². The second-order valence-electron chi connectivity index (χ2n) is 13.1. The van der Waals surface area contributed by atoms with Crippen molar-refractivity contribution in [3.63, 3.8) is 0 Å². The third-order valence-electron chi connectivity index (χ3n) is 7.34. The van der Waals surface area contributed by atoms with Crippen molar-refractivity contribution in [2.24, 2.45) is 27.6 Å². The Kier molecular flexibility index (Phi) is 8.95. The Bertz CT molecular complexity index is 732. The average Bonchev–Trinajstić information content (AvgIpc) is 2.85. The van der Waals surface area contributed by atoms with Crippen molar-refractivity contribution < 1.29 is 19.1 Å². The summed E-state index contributed by atoms with van der Waals surface area (Å²) in [6, 6.07) is 0. The molecule has 0 bridgehead atoms. The van der Waals surface area contributed by atoms with E-state index in [1.807, 2.05) is 0 Å². The fourth-order valence-corrected chi connectivity index (χ4v) is 3.90. The van der Waals surface area contributed by atoms with Gasteiger partial charge in [0.25, 0.3) is 11.8 Å². The third kappa shape index (κ3) is 7.74. The Labute approximate surface area is 196 Å². The lowest BCUT2D eigenvalue weighted by Gasteiger charge is -2.46. The number of ether oxygens (including phenoxy) is 1. The highest BCUT2D eigenvalue weighted by atomic mass is 16.5. The number of hydrogen-bond acceptors (Lipinski definition) is 4. The van der Waals surface area contributed by atoms with Crippen LogP contribution in [0.2, 0.25) is 0 Å². The molecule has 0 aromatic rings. The molecule has 1 aliphatic heterocycles.